The normalized spacial score (nSPS) is 27.8. The van der Waals surface area contributed by atoms with Gasteiger partial charge >= 0.3 is 5.97 Å². The lowest BCUT2D eigenvalue weighted by Crippen LogP contribution is -2.43. The molecule has 1 heterocycles. The molecule has 92 valence electrons. The molecular weight excluding hydrogens is 206 g/mol. The van der Waals surface area contributed by atoms with Gasteiger partial charge in [-0.3, -0.25) is 4.79 Å². The topological polar surface area (TPSA) is 72.6 Å². The fraction of sp³-hybridized carbons (Fsp3) is 0.917. The third-order valence-corrected chi connectivity index (χ3v) is 4.44. The van der Waals surface area contributed by atoms with Crippen LogP contribution in [0.25, 0.3) is 0 Å². The van der Waals surface area contributed by atoms with E-state index < -0.39 is 12.0 Å². The summed E-state index contributed by atoms with van der Waals surface area (Å²) in [6.07, 6.45) is 6.47. The fourth-order valence-electron chi connectivity index (χ4n) is 3.12. The molecule has 0 radical (unpaired) electrons. The summed E-state index contributed by atoms with van der Waals surface area (Å²) < 4.78 is 5.39. The minimum absolute atomic E-state index is 0.172. The Morgan fingerprint density at radius 1 is 1.25 bits per heavy atom. The molecule has 1 saturated carbocycles. The van der Waals surface area contributed by atoms with Crippen LogP contribution in [0.3, 0.4) is 0 Å². The minimum atomic E-state index is -0.854. The van der Waals surface area contributed by atoms with Crippen molar-refractivity contribution >= 4 is 5.97 Å². The molecule has 1 atom stereocenters. The summed E-state index contributed by atoms with van der Waals surface area (Å²) in [5.74, 6) is -0.682. The van der Waals surface area contributed by atoms with Gasteiger partial charge in [-0.05, 0) is 49.9 Å². The van der Waals surface area contributed by atoms with E-state index in [2.05, 4.69) is 0 Å². The Bertz CT molecular complexity index is 251. The highest BCUT2D eigenvalue weighted by molar-refractivity contribution is 5.73. The van der Waals surface area contributed by atoms with Crippen LogP contribution in [-0.4, -0.2) is 30.3 Å². The van der Waals surface area contributed by atoms with Crippen molar-refractivity contribution in [3.63, 3.8) is 0 Å². The largest absolute Gasteiger partial charge is 0.480 e. The average Bonchev–Trinajstić information content (AvgIpc) is 2.30. The standard InChI is InChI=1S/C12H21NO3/c13-10(11(14)15)9-1-3-12(4-2-9)5-7-16-8-6-12/h9-10H,1-8,13H2,(H,14,15). The molecule has 3 N–H and O–H groups in total. The Morgan fingerprint density at radius 3 is 2.31 bits per heavy atom. The Hall–Kier alpha value is -0.610. The van der Waals surface area contributed by atoms with Crippen LogP contribution in [-0.2, 0) is 9.53 Å². The zero-order valence-corrected chi connectivity index (χ0v) is 9.65. The third-order valence-electron chi connectivity index (χ3n) is 4.44. The summed E-state index contributed by atoms with van der Waals surface area (Å²) in [6.45, 7) is 1.74. The summed E-state index contributed by atoms with van der Waals surface area (Å²) >= 11 is 0. The molecule has 0 bridgehead atoms. The van der Waals surface area contributed by atoms with Crippen LogP contribution in [0.1, 0.15) is 38.5 Å². The first-order valence-corrected chi connectivity index (χ1v) is 6.19. The van der Waals surface area contributed by atoms with Crippen molar-refractivity contribution in [1.29, 1.82) is 0 Å². The second-order valence-electron chi connectivity index (χ2n) is 5.31. The number of hydrogen-bond donors (Lipinski definition) is 2. The van der Waals surface area contributed by atoms with Crippen LogP contribution in [0, 0.1) is 11.3 Å². The van der Waals surface area contributed by atoms with E-state index in [0.717, 1.165) is 51.7 Å². The molecule has 1 aliphatic heterocycles. The van der Waals surface area contributed by atoms with Gasteiger partial charge in [0, 0.05) is 13.2 Å². The molecule has 2 fully saturated rings. The van der Waals surface area contributed by atoms with Gasteiger partial charge in [-0.2, -0.15) is 0 Å². The van der Waals surface area contributed by atoms with Crippen molar-refractivity contribution in [3.8, 4) is 0 Å². The highest BCUT2D eigenvalue weighted by Gasteiger charge is 2.39. The molecule has 0 aromatic carbocycles. The van der Waals surface area contributed by atoms with E-state index in [4.69, 9.17) is 15.6 Å². The van der Waals surface area contributed by atoms with Gasteiger partial charge in [0.1, 0.15) is 6.04 Å². The molecule has 4 heteroatoms. The minimum Gasteiger partial charge on any atom is -0.480 e. The molecule has 0 aromatic heterocycles. The van der Waals surface area contributed by atoms with Gasteiger partial charge in [0.2, 0.25) is 0 Å². The highest BCUT2D eigenvalue weighted by Crippen LogP contribution is 2.46. The van der Waals surface area contributed by atoms with Gasteiger partial charge in [-0.25, -0.2) is 0 Å². The predicted octanol–water partition coefficient (Wildman–Crippen LogP) is 1.39. The Kier molecular flexibility index (Phi) is 3.50. The van der Waals surface area contributed by atoms with Crippen molar-refractivity contribution in [2.75, 3.05) is 13.2 Å². The van der Waals surface area contributed by atoms with Crippen molar-refractivity contribution in [2.24, 2.45) is 17.1 Å². The Balaban J connectivity index is 1.88. The second-order valence-corrected chi connectivity index (χ2v) is 5.31. The molecule has 1 aliphatic carbocycles. The lowest BCUT2D eigenvalue weighted by atomic mass is 9.65. The fourth-order valence-corrected chi connectivity index (χ4v) is 3.12. The number of hydrogen-bond acceptors (Lipinski definition) is 3. The van der Waals surface area contributed by atoms with Crippen LogP contribution < -0.4 is 5.73 Å². The van der Waals surface area contributed by atoms with Crippen molar-refractivity contribution in [3.05, 3.63) is 0 Å². The van der Waals surface area contributed by atoms with Crippen LogP contribution in [0.4, 0.5) is 0 Å². The number of ether oxygens (including phenoxy) is 1. The molecule has 2 aliphatic rings. The number of carboxylic acids is 1. The molecule has 1 unspecified atom stereocenters. The summed E-state index contributed by atoms with van der Waals surface area (Å²) in [5.41, 5.74) is 6.12. The quantitative estimate of drug-likeness (QED) is 0.747. The Labute approximate surface area is 96.2 Å². The maximum Gasteiger partial charge on any atom is 0.320 e. The van der Waals surface area contributed by atoms with E-state index in [1.807, 2.05) is 0 Å². The zero-order valence-electron chi connectivity index (χ0n) is 9.65. The average molecular weight is 227 g/mol. The van der Waals surface area contributed by atoms with E-state index >= 15 is 0 Å². The first kappa shape index (κ1) is 11.9. The SMILES string of the molecule is NC(C(=O)O)C1CCC2(CCOCC2)CC1. The van der Waals surface area contributed by atoms with E-state index in [0.29, 0.717) is 5.41 Å². The van der Waals surface area contributed by atoms with Gasteiger partial charge in [-0.15, -0.1) is 0 Å². The third kappa shape index (κ3) is 2.38. The zero-order chi connectivity index (χ0) is 11.6. The number of aliphatic carboxylic acids is 1. The number of carbonyl (C=O) groups is 1. The van der Waals surface area contributed by atoms with E-state index in [9.17, 15) is 4.79 Å². The van der Waals surface area contributed by atoms with Gasteiger partial charge < -0.3 is 15.6 Å². The molecule has 2 rings (SSSR count). The monoisotopic (exact) mass is 227 g/mol. The molecule has 1 saturated heterocycles. The molecule has 0 aromatic rings. The maximum atomic E-state index is 10.8. The van der Waals surface area contributed by atoms with E-state index in [-0.39, 0.29) is 5.92 Å². The summed E-state index contributed by atoms with van der Waals surface area (Å²) in [4.78, 5) is 10.8. The van der Waals surface area contributed by atoms with Crippen LogP contribution >= 0.6 is 0 Å². The predicted molar refractivity (Wildman–Crippen MR) is 60.1 cm³/mol. The van der Waals surface area contributed by atoms with Gasteiger partial charge in [0.05, 0.1) is 0 Å². The molecule has 1 spiro atoms. The van der Waals surface area contributed by atoms with Crippen molar-refractivity contribution < 1.29 is 14.6 Å². The van der Waals surface area contributed by atoms with Crippen LogP contribution in [0.2, 0.25) is 0 Å². The first-order chi connectivity index (χ1) is 7.63. The summed E-state index contributed by atoms with van der Waals surface area (Å²) in [7, 11) is 0. The lowest BCUT2D eigenvalue weighted by Gasteiger charge is -2.43. The number of rotatable bonds is 2. The number of nitrogens with two attached hydrogens (primary N) is 1. The van der Waals surface area contributed by atoms with Crippen LogP contribution in [0.15, 0.2) is 0 Å². The summed E-state index contributed by atoms with van der Waals surface area (Å²) in [5, 5.41) is 8.89. The highest BCUT2D eigenvalue weighted by atomic mass is 16.5. The smallest absolute Gasteiger partial charge is 0.320 e. The van der Waals surface area contributed by atoms with Crippen molar-refractivity contribution in [2.45, 2.75) is 44.6 Å². The first-order valence-electron chi connectivity index (χ1n) is 6.19. The summed E-state index contributed by atoms with van der Waals surface area (Å²) in [6, 6.07) is -0.669. The molecule has 4 nitrogen and oxygen atoms in total. The lowest BCUT2D eigenvalue weighted by molar-refractivity contribution is -0.140. The van der Waals surface area contributed by atoms with Crippen molar-refractivity contribution in [1.82, 2.24) is 0 Å². The molecule has 16 heavy (non-hydrogen) atoms. The molecule has 0 amide bonds. The number of carboxylic acid groups (broad SMARTS) is 1. The van der Waals surface area contributed by atoms with Gasteiger partial charge in [0.15, 0.2) is 0 Å². The second kappa shape index (κ2) is 4.72. The van der Waals surface area contributed by atoms with Gasteiger partial charge in [-0.1, -0.05) is 0 Å². The van der Waals surface area contributed by atoms with Gasteiger partial charge in [0.25, 0.3) is 0 Å². The Morgan fingerprint density at radius 2 is 1.81 bits per heavy atom. The molecular formula is C12H21NO3. The van der Waals surface area contributed by atoms with Crippen LogP contribution in [0.5, 0.6) is 0 Å². The van der Waals surface area contributed by atoms with E-state index in [1.165, 1.54) is 0 Å². The maximum absolute atomic E-state index is 10.8. The van der Waals surface area contributed by atoms with E-state index in [1.54, 1.807) is 0 Å².